The summed E-state index contributed by atoms with van der Waals surface area (Å²) < 4.78 is 10.6. The lowest BCUT2D eigenvalue weighted by Crippen LogP contribution is -2.24. The summed E-state index contributed by atoms with van der Waals surface area (Å²) in [7, 11) is 1.52. The van der Waals surface area contributed by atoms with Gasteiger partial charge >= 0.3 is 5.97 Å². The molecule has 154 valence electrons. The van der Waals surface area contributed by atoms with Crippen LogP contribution in [0.5, 0.6) is 5.75 Å². The summed E-state index contributed by atoms with van der Waals surface area (Å²) in [4.78, 5) is 35.6. The largest absolute Gasteiger partial charge is 0.482 e. The molecule has 0 spiro atoms. The van der Waals surface area contributed by atoms with Gasteiger partial charge in [-0.15, -0.1) is 0 Å². The topological polar surface area (TPSA) is 93.7 Å². The van der Waals surface area contributed by atoms with Crippen LogP contribution in [0.15, 0.2) is 42.5 Å². The van der Waals surface area contributed by atoms with Gasteiger partial charge < -0.3 is 20.1 Å². The van der Waals surface area contributed by atoms with Crippen LogP contribution in [-0.4, -0.2) is 38.0 Å². The predicted molar refractivity (Wildman–Crippen MR) is 110 cm³/mol. The maximum absolute atomic E-state index is 12.0. The molecule has 2 aromatic carbocycles. The highest BCUT2D eigenvalue weighted by Gasteiger charge is 2.13. The molecule has 0 aliphatic heterocycles. The zero-order valence-corrected chi connectivity index (χ0v) is 17.1. The molecule has 2 aromatic rings. The Bertz CT molecular complexity index is 893. The van der Waals surface area contributed by atoms with Gasteiger partial charge in [0, 0.05) is 18.3 Å². The molecule has 0 aromatic heterocycles. The number of rotatable bonds is 8. The van der Waals surface area contributed by atoms with Crippen molar-refractivity contribution in [2.24, 2.45) is 0 Å². The van der Waals surface area contributed by atoms with Crippen molar-refractivity contribution >= 4 is 23.5 Å². The Labute approximate surface area is 170 Å². The molecule has 0 saturated heterocycles. The average Bonchev–Trinajstić information content (AvgIpc) is 2.70. The molecule has 0 saturated carbocycles. The first-order valence-corrected chi connectivity index (χ1v) is 9.31. The highest BCUT2D eigenvalue weighted by molar-refractivity contribution is 5.97. The molecule has 2 N–H and O–H groups in total. The number of esters is 1. The average molecular weight is 398 g/mol. The van der Waals surface area contributed by atoms with Crippen molar-refractivity contribution in [3.05, 3.63) is 59.2 Å². The smallest absolute Gasteiger partial charge is 0.344 e. The Morgan fingerprint density at radius 1 is 1.03 bits per heavy atom. The van der Waals surface area contributed by atoms with Gasteiger partial charge in [-0.05, 0) is 48.2 Å². The van der Waals surface area contributed by atoms with Crippen LogP contribution in [0.2, 0.25) is 0 Å². The minimum absolute atomic E-state index is 0.248. The lowest BCUT2D eigenvalue weighted by molar-refractivity contribution is -0.149. The zero-order valence-electron chi connectivity index (χ0n) is 17.1. The Balaban J connectivity index is 1.85. The third kappa shape index (κ3) is 6.64. The number of nitrogens with one attached hydrogen (secondary N) is 2. The number of carbonyl (C=O) groups is 3. The van der Waals surface area contributed by atoms with E-state index in [1.807, 2.05) is 39.0 Å². The van der Waals surface area contributed by atoms with Crippen molar-refractivity contribution in [2.45, 2.75) is 26.7 Å². The SMILES string of the molecule is CNC(=O)c1cccc(NC(=O)COC(=O)COc2cc(C)ccc2C(C)C)c1. The molecule has 0 heterocycles. The van der Waals surface area contributed by atoms with E-state index < -0.39 is 18.5 Å². The van der Waals surface area contributed by atoms with Crippen LogP contribution in [0.4, 0.5) is 5.69 Å². The van der Waals surface area contributed by atoms with Crippen LogP contribution < -0.4 is 15.4 Å². The summed E-state index contributed by atoms with van der Waals surface area (Å²) in [5, 5.41) is 5.09. The van der Waals surface area contributed by atoms with Gasteiger partial charge in [0.05, 0.1) is 0 Å². The highest BCUT2D eigenvalue weighted by Crippen LogP contribution is 2.27. The molecule has 29 heavy (non-hydrogen) atoms. The van der Waals surface area contributed by atoms with E-state index in [-0.39, 0.29) is 18.4 Å². The van der Waals surface area contributed by atoms with Crippen molar-refractivity contribution < 1.29 is 23.9 Å². The second-order valence-corrected chi connectivity index (χ2v) is 6.85. The molecule has 0 atom stereocenters. The van der Waals surface area contributed by atoms with Gasteiger partial charge in [0.25, 0.3) is 11.8 Å². The fourth-order valence-electron chi connectivity index (χ4n) is 2.65. The van der Waals surface area contributed by atoms with Crippen molar-refractivity contribution in [1.82, 2.24) is 5.32 Å². The van der Waals surface area contributed by atoms with Crippen LogP contribution >= 0.6 is 0 Å². The number of carbonyl (C=O) groups excluding carboxylic acids is 3. The maximum atomic E-state index is 12.0. The molecule has 0 bridgehead atoms. The van der Waals surface area contributed by atoms with E-state index >= 15 is 0 Å². The first kappa shape index (κ1) is 21.9. The van der Waals surface area contributed by atoms with Gasteiger partial charge in [-0.25, -0.2) is 4.79 Å². The quantitative estimate of drug-likeness (QED) is 0.667. The summed E-state index contributed by atoms with van der Waals surface area (Å²) in [6.07, 6.45) is 0. The third-order valence-corrected chi connectivity index (χ3v) is 4.14. The van der Waals surface area contributed by atoms with E-state index in [4.69, 9.17) is 9.47 Å². The second-order valence-electron chi connectivity index (χ2n) is 6.85. The molecule has 2 amide bonds. The normalized spacial score (nSPS) is 10.4. The van der Waals surface area contributed by atoms with Gasteiger partial charge in [0.1, 0.15) is 5.75 Å². The second kappa shape index (κ2) is 10.3. The van der Waals surface area contributed by atoms with E-state index in [2.05, 4.69) is 10.6 Å². The van der Waals surface area contributed by atoms with Crippen molar-refractivity contribution in [1.29, 1.82) is 0 Å². The molecule has 0 aliphatic carbocycles. The number of hydrogen-bond donors (Lipinski definition) is 2. The number of anilines is 1. The highest BCUT2D eigenvalue weighted by atomic mass is 16.6. The van der Waals surface area contributed by atoms with Crippen LogP contribution in [0.1, 0.15) is 41.3 Å². The molecule has 0 unspecified atom stereocenters. The zero-order chi connectivity index (χ0) is 21.4. The van der Waals surface area contributed by atoms with Gasteiger partial charge in [-0.2, -0.15) is 0 Å². The number of benzene rings is 2. The molecule has 2 rings (SSSR count). The Kier molecular flexibility index (Phi) is 7.77. The standard InChI is InChI=1S/C22H26N2O5/c1-14(2)18-9-8-15(3)10-19(18)28-13-21(26)29-12-20(25)24-17-7-5-6-16(11-17)22(27)23-4/h5-11,14H,12-13H2,1-4H3,(H,23,27)(H,24,25). The summed E-state index contributed by atoms with van der Waals surface area (Å²) in [5.41, 5.74) is 2.87. The number of hydrogen-bond acceptors (Lipinski definition) is 5. The third-order valence-electron chi connectivity index (χ3n) is 4.14. The van der Waals surface area contributed by atoms with E-state index in [1.165, 1.54) is 13.1 Å². The maximum Gasteiger partial charge on any atom is 0.344 e. The summed E-state index contributed by atoms with van der Waals surface area (Å²) in [6.45, 7) is 5.29. The monoisotopic (exact) mass is 398 g/mol. The van der Waals surface area contributed by atoms with Crippen LogP contribution in [0.3, 0.4) is 0 Å². The molecule has 7 nitrogen and oxygen atoms in total. The molecule has 0 aliphatic rings. The van der Waals surface area contributed by atoms with Crippen molar-refractivity contribution in [3.8, 4) is 5.75 Å². The number of ether oxygens (including phenoxy) is 2. The van der Waals surface area contributed by atoms with E-state index in [0.29, 0.717) is 17.0 Å². The van der Waals surface area contributed by atoms with Crippen LogP contribution in [0.25, 0.3) is 0 Å². The Morgan fingerprint density at radius 2 is 1.79 bits per heavy atom. The number of aryl methyl sites for hydroxylation is 1. The molecule has 0 fully saturated rings. The van der Waals surface area contributed by atoms with Gasteiger partial charge in [0.15, 0.2) is 13.2 Å². The Hall–Kier alpha value is -3.35. The first-order chi connectivity index (χ1) is 13.8. The molecule has 0 radical (unpaired) electrons. The van der Waals surface area contributed by atoms with Crippen molar-refractivity contribution in [3.63, 3.8) is 0 Å². The molecule has 7 heteroatoms. The van der Waals surface area contributed by atoms with Gasteiger partial charge in [-0.3, -0.25) is 9.59 Å². The summed E-state index contributed by atoms with van der Waals surface area (Å²) >= 11 is 0. The fourth-order valence-corrected chi connectivity index (χ4v) is 2.65. The predicted octanol–water partition coefficient (Wildman–Crippen LogP) is 3.04. The number of amides is 2. The van der Waals surface area contributed by atoms with E-state index in [0.717, 1.165) is 11.1 Å². The van der Waals surface area contributed by atoms with Gasteiger partial charge in [-0.1, -0.05) is 32.0 Å². The summed E-state index contributed by atoms with van der Waals surface area (Å²) in [5.74, 6) is -0.534. The first-order valence-electron chi connectivity index (χ1n) is 9.31. The minimum Gasteiger partial charge on any atom is -0.482 e. The Morgan fingerprint density at radius 3 is 2.48 bits per heavy atom. The molecular weight excluding hydrogens is 372 g/mol. The summed E-state index contributed by atoms with van der Waals surface area (Å²) in [6, 6.07) is 12.3. The van der Waals surface area contributed by atoms with Gasteiger partial charge in [0.2, 0.25) is 0 Å². The van der Waals surface area contributed by atoms with E-state index in [9.17, 15) is 14.4 Å². The lowest BCUT2D eigenvalue weighted by atomic mass is 10.0. The van der Waals surface area contributed by atoms with Crippen molar-refractivity contribution in [2.75, 3.05) is 25.6 Å². The lowest BCUT2D eigenvalue weighted by Gasteiger charge is -2.14. The van der Waals surface area contributed by atoms with E-state index in [1.54, 1.807) is 18.2 Å². The van der Waals surface area contributed by atoms with Crippen LogP contribution in [0, 0.1) is 6.92 Å². The minimum atomic E-state index is -0.643. The fraction of sp³-hybridized carbons (Fsp3) is 0.318. The van der Waals surface area contributed by atoms with Crippen LogP contribution in [-0.2, 0) is 14.3 Å². The molecular formula is C22H26N2O5.